The van der Waals surface area contributed by atoms with Gasteiger partial charge in [-0.15, -0.1) is 0 Å². The molecule has 4 nitrogen and oxygen atoms in total. The van der Waals surface area contributed by atoms with E-state index >= 15 is 0 Å². The summed E-state index contributed by atoms with van der Waals surface area (Å²) in [5, 5.41) is 14.9. The van der Waals surface area contributed by atoms with Crippen molar-refractivity contribution in [2.75, 3.05) is 0 Å². The van der Waals surface area contributed by atoms with Crippen molar-refractivity contribution in [3.05, 3.63) is 47.5 Å². The molecule has 1 N–H and O–H groups in total. The predicted molar refractivity (Wildman–Crippen MR) is 79.5 cm³/mol. The van der Waals surface area contributed by atoms with Crippen LogP contribution in [0.3, 0.4) is 0 Å². The van der Waals surface area contributed by atoms with Gasteiger partial charge in [-0.3, -0.25) is 9.67 Å². The van der Waals surface area contributed by atoms with Crippen molar-refractivity contribution < 1.29 is 5.11 Å². The van der Waals surface area contributed by atoms with Crippen molar-refractivity contribution in [1.82, 2.24) is 14.8 Å². The van der Waals surface area contributed by atoms with Gasteiger partial charge in [0.2, 0.25) is 0 Å². The minimum Gasteiger partial charge on any atom is -0.388 e. The number of nitrogens with zero attached hydrogens (tertiary/aromatic N) is 3. The molecule has 1 atom stereocenters. The second kappa shape index (κ2) is 6.66. The topological polar surface area (TPSA) is 50.9 Å². The highest BCUT2D eigenvalue weighted by Crippen LogP contribution is 2.19. The van der Waals surface area contributed by atoms with E-state index in [9.17, 15) is 5.11 Å². The predicted octanol–water partition coefficient (Wildman–Crippen LogP) is 3.22. The SMILES string of the molecule is CCC(CC)n1ccc(CC(O)c2ccnc(C)c2)n1. The number of aromatic nitrogens is 3. The zero-order valence-corrected chi connectivity index (χ0v) is 12.5. The van der Waals surface area contributed by atoms with Gasteiger partial charge in [-0.05, 0) is 43.5 Å². The van der Waals surface area contributed by atoms with Gasteiger partial charge in [0.15, 0.2) is 0 Å². The largest absolute Gasteiger partial charge is 0.388 e. The van der Waals surface area contributed by atoms with Gasteiger partial charge in [-0.2, -0.15) is 5.10 Å². The molecule has 0 bridgehead atoms. The number of rotatable bonds is 6. The summed E-state index contributed by atoms with van der Waals surface area (Å²) in [5.74, 6) is 0. The Bertz CT molecular complexity index is 546. The molecule has 0 fully saturated rings. The monoisotopic (exact) mass is 273 g/mol. The van der Waals surface area contributed by atoms with Crippen LogP contribution in [0.5, 0.6) is 0 Å². The van der Waals surface area contributed by atoms with Gasteiger partial charge >= 0.3 is 0 Å². The second-order valence-corrected chi connectivity index (χ2v) is 5.21. The van der Waals surface area contributed by atoms with Gasteiger partial charge in [-0.25, -0.2) is 0 Å². The van der Waals surface area contributed by atoms with Crippen LogP contribution in [0.15, 0.2) is 30.6 Å². The molecule has 0 spiro atoms. The Balaban J connectivity index is 2.06. The highest BCUT2D eigenvalue weighted by molar-refractivity contribution is 5.19. The lowest BCUT2D eigenvalue weighted by Crippen LogP contribution is -2.09. The number of hydrogen-bond acceptors (Lipinski definition) is 3. The van der Waals surface area contributed by atoms with Crippen molar-refractivity contribution in [1.29, 1.82) is 0 Å². The molecule has 0 saturated carbocycles. The summed E-state index contributed by atoms with van der Waals surface area (Å²) < 4.78 is 2.01. The fraction of sp³-hybridized carbons (Fsp3) is 0.500. The third kappa shape index (κ3) is 3.45. The van der Waals surface area contributed by atoms with Crippen LogP contribution in [0.25, 0.3) is 0 Å². The molecule has 0 saturated heterocycles. The minimum absolute atomic E-state index is 0.448. The third-order valence-corrected chi connectivity index (χ3v) is 3.69. The summed E-state index contributed by atoms with van der Waals surface area (Å²) in [6.07, 6.45) is 5.90. The van der Waals surface area contributed by atoms with Crippen molar-refractivity contribution in [2.45, 2.75) is 52.2 Å². The number of aliphatic hydroxyl groups excluding tert-OH is 1. The Kier molecular flexibility index (Phi) is 4.90. The normalized spacial score (nSPS) is 12.8. The quantitative estimate of drug-likeness (QED) is 0.879. The Morgan fingerprint density at radius 3 is 2.65 bits per heavy atom. The maximum absolute atomic E-state index is 10.3. The first-order valence-electron chi connectivity index (χ1n) is 7.28. The third-order valence-electron chi connectivity index (χ3n) is 3.69. The van der Waals surface area contributed by atoms with Crippen molar-refractivity contribution in [3.63, 3.8) is 0 Å². The van der Waals surface area contributed by atoms with E-state index in [-0.39, 0.29) is 0 Å². The number of pyridine rings is 1. The van der Waals surface area contributed by atoms with Crippen LogP contribution in [0, 0.1) is 6.92 Å². The molecule has 1 unspecified atom stereocenters. The van der Waals surface area contributed by atoms with Crippen LogP contribution in [0.1, 0.15) is 55.8 Å². The molecule has 2 rings (SSSR count). The molecule has 0 amide bonds. The average Bonchev–Trinajstić information content (AvgIpc) is 2.88. The number of aliphatic hydroxyl groups is 1. The Hall–Kier alpha value is -1.68. The van der Waals surface area contributed by atoms with Crippen molar-refractivity contribution in [3.8, 4) is 0 Å². The first kappa shape index (κ1) is 14.7. The van der Waals surface area contributed by atoms with E-state index in [0.29, 0.717) is 12.5 Å². The van der Waals surface area contributed by atoms with Gasteiger partial charge in [0.05, 0.1) is 17.8 Å². The molecule has 2 heterocycles. The van der Waals surface area contributed by atoms with Crippen LogP contribution in [-0.2, 0) is 6.42 Å². The summed E-state index contributed by atoms with van der Waals surface area (Å²) in [7, 11) is 0. The maximum atomic E-state index is 10.3. The molecular formula is C16H23N3O. The van der Waals surface area contributed by atoms with Crippen LogP contribution >= 0.6 is 0 Å². The highest BCUT2D eigenvalue weighted by Gasteiger charge is 2.13. The lowest BCUT2D eigenvalue weighted by Gasteiger charge is -2.13. The minimum atomic E-state index is -0.526. The van der Waals surface area contributed by atoms with Crippen molar-refractivity contribution in [2.24, 2.45) is 0 Å². The van der Waals surface area contributed by atoms with Gasteiger partial charge in [-0.1, -0.05) is 13.8 Å². The van der Waals surface area contributed by atoms with E-state index in [1.165, 1.54) is 0 Å². The molecule has 0 aromatic carbocycles. The van der Waals surface area contributed by atoms with Gasteiger partial charge in [0, 0.05) is 24.5 Å². The maximum Gasteiger partial charge on any atom is 0.0847 e. The molecule has 0 aliphatic carbocycles. The van der Waals surface area contributed by atoms with Crippen LogP contribution in [0.2, 0.25) is 0 Å². The lowest BCUT2D eigenvalue weighted by molar-refractivity contribution is 0.176. The molecule has 0 radical (unpaired) electrons. The molecule has 108 valence electrons. The van der Waals surface area contributed by atoms with E-state index in [1.54, 1.807) is 6.20 Å². The zero-order chi connectivity index (χ0) is 14.5. The van der Waals surface area contributed by atoms with Gasteiger partial charge in [0.25, 0.3) is 0 Å². The van der Waals surface area contributed by atoms with E-state index in [2.05, 4.69) is 23.9 Å². The van der Waals surface area contributed by atoms with Crippen LogP contribution in [0.4, 0.5) is 0 Å². The lowest BCUT2D eigenvalue weighted by atomic mass is 10.1. The van der Waals surface area contributed by atoms with E-state index in [4.69, 9.17) is 0 Å². The molecule has 0 aliphatic rings. The zero-order valence-electron chi connectivity index (χ0n) is 12.5. The van der Waals surface area contributed by atoms with Gasteiger partial charge in [0.1, 0.15) is 0 Å². The summed E-state index contributed by atoms with van der Waals surface area (Å²) >= 11 is 0. The molecule has 4 heteroatoms. The smallest absolute Gasteiger partial charge is 0.0847 e. The van der Waals surface area contributed by atoms with Crippen LogP contribution in [-0.4, -0.2) is 19.9 Å². The fourth-order valence-corrected chi connectivity index (χ4v) is 2.44. The summed E-state index contributed by atoms with van der Waals surface area (Å²) in [4.78, 5) is 4.15. The van der Waals surface area contributed by atoms with Crippen LogP contribution < -0.4 is 0 Å². The number of aryl methyl sites for hydroxylation is 1. The standard InChI is InChI=1S/C16H23N3O/c1-4-15(5-2)19-9-7-14(18-19)11-16(20)13-6-8-17-12(3)10-13/h6-10,15-16,20H,4-5,11H2,1-3H3. The molecule has 20 heavy (non-hydrogen) atoms. The summed E-state index contributed by atoms with van der Waals surface area (Å²) in [6, 6.07) is 6.22. The van der Waals surface area contributed by atoms with E-state index < -0.39 is 6.10 Å². The highest BCUT2D eigenvalue weighted by atomic mass is 16.3. The van der Waals surface area contributed by atoms with Crippen molar-refractivity contribution >= 4 is 0 Å². The first-order chi connectivity index (χ1) is 9.63. The average molecular weight is 273 g/mol. The molecule has 2 aromatic rings. The fourth-order valence-electron chi connectivity index (χ4n) is 2.44. The Morgan fingerprint density at radius 1 is 1.25 bits per heavy atom. The number of hydrogen-bond donors (Lipinski definition) is 1. The Morgan fingerprint density at radius 2 is 2.00 bits per heavy atom. The summed E-state index contributed by atoms with van der Waals surface area (Å²) in [6.45, 7) is 6.27. The van der Waals surface area contributed by atoms with Gasteiger partial charge < -0.3 is 5.11 Å². The van der Waals surface area contributed by atoms with E-state index in [0.717, 1.165) is 29.8 Å². The van der Waals surface area contributed by atoms with E-state index in [1.807, 2.05) is 36.0 Å². The second-order valence-electron chi connectivity index (χ2n) is 5.21. The molecular weight excluding hydrogens is 250 g/mol. The Labute approximate surface area is 120 Å². The first-order valence-corrected chi connectivity index (χ1v) is 7.28. The summed E-state index contributed by atoms with van der Waals surface area (Å²) in [5.41, 5.74) is 2.75. The molecule has 0 aliphatic heterocycles. The molecule has 2 aromatic heterocycles.